The van der Waals surface area contributed by atoms with Crippen LogP contribution in [-0.2, 0) is 14.3 Å². The molecule has 3 aromatic rings. The first-order valence-electron chi connectivity index (χ1n) is 11.2. The fourth-order valence-electron chi connectivity index (χ4n) is 4.34. The minimum Gasteiger partial charge on any atom is -0.481 e. The molecule has 1 aliphatic rings. The first-order chi connectivity index (χ1) is 16.8. The van der Waals surface area contributed by atoms with Gasteiger partial charge in [0.1, 0.15) is 18.5 Å². The molecule has 0 radical (unpaired) electrons. The summed E-state index contributed by atoms with van der Waals surface area (Å²) in [4.78, 5) is 36.6. The van der Waals surface area contributed by atoms with Gasteiger partial charge in [0.15, 0.2) is 0 Å². The van der Waals surface area contributed by atoms with E-state index in [4.69, 9.17) is 4.74 Å². The summed E-state index contributed by atoms with van der Waals surface area (Å²) < 4.78 is 18.9. The Bertz CT molecular complexity index is 1220. The molecule has 0 saturated heterocycles. The monoisotopic (exact) mass is 476 g/mol. The van der Waals surface area contributed by atoms with Gasteiger partial charge in [-0.2, -0.15) is 0 Å². The highest BCUT2D eigenvalue weighted by Gasteiger charge is 2.30. The van der Waals surface area contributed by atoms with Crippen LogP contribution in [0.2, 0.25) is 0 Å². The van der Waals surface area contributed by atoms with Gasteiger partial charge in [0.25, 0.3) is 0 Å². The summed E-state index contributed by atoms with van der Waals surface area (Å²) in [6.07, 6.45) is -1.53. The number of amides is 2. The molecular formula is C27H25FN2O5. The highest BCUT2D eigenvalue weighted by atomic mass is 19.1. The van der Waals surface area contributed by atoms with E-state index in [2.05, 4.69) is 10.6 Å². The molecule has 0 spiro atoms. The van der Waals surface area contributed by atoms with Crippen molar-refractivity contribution in [2.75, 3.05) is 6.61 Å². The van der Waals surface area contributed by atoms with Crippen molar-refractivity contribution in [2.24, 2.45) is 0 Å². The van der Waals surface area contributed by atoms with Crippen molar-refractivity contribution in [1.82, 2.24) is 10.6 Å². The lowest BCUT2D eigenvalue weighted by atomic mass is 9.98. The molecule has 1 aliphatic carbocycles. The van der Waals surface area contributed by atoms with E-state index in [1.165, 1.54) is 18.2 Å². The van der Waals surface area contributed by atoms with Gasteiger partial charge in [0, 0.05) is 5.92 Å². The number of fused-ring (bicyclic) bond motifs is 3. The molecule has 2 atom stereocenters. The number of ether oxygens (including phenoxy) is 1. The maximum Gasteiger partial charge on any atom is 0.407 e. The van der Waals surface area contributed by atoms with Crippen LogP contribution in [0.1, 0.15) is 42.0 Å². The second-order valence-corrected chi connectivity index (χ2v) is 8.41. The Kier molecular flexibility index (Phi) is 7.10. The fraction of sp³-hybridized carbons (Fsp3) is 0.222. The Balaban J connectivity index is 1.41. The molecule has 3 aromatic carbocycles. The van der Waals surface area contributed by atoms with Crippen LogP contribution in [0.5, 0.6) is 0 Å². The summed E-state index contributed by atoms with van der Waals surface area (Å²) in [5.41, 5.74) is 4.72. The van der Waals surface area contributed by atoms with Gasteiger partial charge in [0.05, 0.1) is 12.5 Å². The first kappa shape index (κ1) is 23.9. The molecule has 0 heterocycles. The number of halogens is 1. The predicted molar refractivity (Wildman–Crippen MR) is 127 cm³/mol. The molecule has 4 rings (SSSR count). The Morgan fingerprint density at radius 3 is 2.17 bits per heavy atom. The summed E-state index contributed by atoms with van der Waals surface area (Å²) in [6, 6.07) is 19.5. The summed E-state index contributed by atoms with van der Waals surface area (Å²) in [5, 5.41) is 14.2. The van der Waals surface area contributed by atoms with Gasteiger partial charge in [-0.1, -0.05) is 60.7 Å². The smallest absolute Gasteiger partial charge is 0.407 e. The van der Waals surface area contributed by atoms with Crippen molar-refractivity contribution in [3.05, 3.63) is 95.3 Å². The number of alkyl carbamates (subject to hydrolysis) is 1. The van der Waals surface area contributed by atoms with E-state index in [1.54, 1.807) is 13.0 Å². The van der Waals surface area contributed by atoms with Crippen LogP contribution in [0.15, 0.2) is 72.8 Å². The van der Waals surface area contributed by atoms with Gasteiger partial charge in [-0.15, -0.1) is 0 Å². The number of hydrogen-bond donors (Lipinski definition) is 3. The predicted octanol–water partition coefficient (Wildman–Crippen LogP) is 4.38. The lowest BCUT2D eigenvalue weighted by Gasteiger charge is -2.21. The Labute approximate surface area is 201 Å². The topological polar surface area (TPSA) is 105 Å². The highest BCUT2D eigenvalue weighted by Crippen LogP contribution is 2.44. The number of hydrogen-bond acceptors (Lipinski definition) is 4. The number of nitrogens with one attached hydrogen (secondary N) is 2. The van der Waals surface area contributed by atoms with Crippen LogP contribution in [0.25, 0.3) is 11.1 Å². The maximum absolute atomic E-state index is 13.5. The number of carboxylic acids is 1. The van der Waals surface area contributed by atoms with Crippen molar-refractivity contribution in [2.45, 2.75) is 31.3 Å². The van der Waals surface area contributed by atoms with Gasteiger partial charge >= 0.3 is 12.1 Å². The fourth-order valence-corrected chi connectivity index (χ4v) is 4.34. The number of aliphatic carboxylic acids is 1. The normalized spacial score (nSPS) is 13.8. The molecule has 0 fully saturated rings. The van der Waals surface area contributed by atoms with E-state index < -0.39 is 42.3 Å². The molecule has 1 unspecified atom stereocenters. The van der Waals surface area contributed by atoms with E-state index >= 15 is 0 Å². The van der Waals surface area contributed by atoms with Gasteiger partial charge in [-0.05, 0) is 46.9 Å². The molecule has 0 saturated carbocycles. The van der Waals surface area contributed by atoms with E-state index in [0.29, 0.717) is 5.56 Å². The maximum atomic E-state index is 13.5. The molecule has 0 aliphatic heterocycles. The molecule has 7 nitrogen and oxygen atoms in total. The average molecular weight is 477 g/mol. The van der Waals surface area contributed by atoms with E-state index in [9.17, 15) is 23.9 Å². The Hall–Kier alpha value is -4.20. The SMILES string of the molecule is C[C@@H](NC(=O)C(CC(=O)O)NC(=O)OCC1c2ccccc2-c2ccccc21)c1cccc(F)c1. The lowest BCUT2D eigenvalue weighted by Crippen LogP contribution is -2.48. The molecule has 0 bridgehead atoms. The molecule has 2 amide bonds. The summed E-state index contributed by atoms with van der Waals surface area (Å²) in [5.74, 6) is -2.60. The minimum absolute atomic E-state index is 0.0287. The van der Waals surface area contributed by atoms with Crippen LogP contribution in [0.4, 0.5) is 9.18 Å². The zero-order chi connectivity index (χ0) is 24.9. The van der Waals surface area contributed by atoms with Gasteiger partial charge in [-0.25, -0.2) is 9.18 Å². The minimum atomic E-state index is -1.36. The molecule has 35 heavy (non-hydrogen) atoms. The molecule has 0 aromatic heterocycles. The zero-order valence-electron chi connectivity index (χ0n) is 19.0. The third-order valence-corrected chi connectivity index (χ3v) is 6.04. The van der Waals surface area contributed by atoms with Crippen LogP contribution < -0.4 is 10.6 Å². The van der Waals surface area contributed by atoms with Gasteiger partial charge in [-0.3, -0.25) is 9.59 Å². The van der Waals surface area contributed by atoms with E-state index in [1.807, 2.05) is 48.5 Å². The van der Waals surface area contributed by atoms with Crippen LogP contribution >= 0.6 is 0 Å². The van der Waals surface area contributed by atoms with Crippen LogP contribution in [-0.4, -0.2) is 35.7 Å². The van der Waals surface area contributed by atoms with E-state index in [0.717, 1.165) is 22.3 Å². The standard InChI is InChI=1S/C27H25FN2O5/c1-16(17-7-6-8-18(28)13-17)29-26(33)24(14-25(31)32)30-27(34)35-15-23-21-11-4-2-9-19(21)20-10-3-5-12-22(20)23/h2-13,16,23-24H,14-15H2,1H3,(H,29,33)(H,30,34)(H,31,32)/t16-,24?/m1/s1. The summed E-state index contributed by atoms with van der Waals surface area (Å²) >= 11 is 0. The number of rotatable bonds is 8. The van der Waals surface area contributed by atoms with Crippen molar-refractivity contribution in [3.8, 4) is 11.1 Å². The Morgan fingerprint density at radius 1 is 0.943 bits per heavy atom. The largest absolute Gasteiger partial charge is 0.481 e. The van der Waals surface area contributed by atoms with Gasteiger partial charge < -0.3 is 20.5 Å². The van der Waals surface area contributed by atoms with E-state index in [-0.39, 0.29) is 12.5 Å². The van der Waals surface area contributed by atoms with Crippen molar-refractivity contribution in [1.29, 1.82) is 0 Å². The molecule has 3 N–H and O–H groups in total. The lowest BCUT2D eigenvalue weighted by molar-refractivity contribution is -0.140. The summed E-state index contributed by atoms with van der Waals surface area (Å²) in [7, 11) is 0. The molecule has 8 heteroatoms. The Morgan fingerprint density at radius 2 is 1.57 bits per heavy atom. The van der Waals surface area contributed by atoms with Crippen LogP contribution in [0, 0.1) is 5.82 Å². The second kappa shape index (κ2) is 10.4. The molecular weight excluding hydrogens is 451 g/mol. The number of carbonyl (C=O) groups is 3. The third kappa shape index (κ3) is 5.48. The van der Waals surface area contributed by atoms with Gasteiger partial charge in [0.2, 0.25) is 5.91 Å². The average Bonchev–Trinajstić information content (AvgIpc) is 3.15. The third-order valence-electron chi connectivity index (χ3n) is 6.04. The summed E-state index contributed by atoms with van der Waals surface area (Å²) in [6.45, 7) is 1.67. The molecule has 180 valence electrons. The van der Waals surface area contributed by atoms with Crippen molar-refractivity contribution in [3.63, 3.8) is 0 Å². The quantitative estimate of drug-likeness (QED) is 0.447. The zero-order valence-corrected chi connectivity index (χ0v) is 19.0. The number of benzene rings is 3. The first-order valence-corrected chi connectivity index (χ1v) is 11.2. The highest BCUT2D eigenvalue weighted by molar-refractivity contribution is 5.89. The number of carbonyl (C=O) groups excluding carboxylic acids is 2. The van der Waals surface area contributed by atoms with Crippen molar-refractivity contribution < 1.29 is 28.6 Å². The van der Waals surface area contributed by atoms with Crippen LogP contribution in [0.3, 0.4) is 0 Å². The number of carboxylic acid groups (broad SMARTS) is 1. The second-order valence-electron chi connectivity index (χ2n) is 8.41. The van der Waals surface area contributed by atoms with Crippen molar-refractivity contribution >= 4 is 18.0 Å².